The van der Waals surface area contributed by atoms with Crippen LogP contribution in [-0.4, -0.2) is 23.2 Å². The van der Waals surface area contributed by atoms with Crippen molar-refractivity contribution in [2.45, 2.75) is 13.8 Å². The van der Waals surface area contributed by atoms with Gasteiger partial charge in [-0.1, -0.05) is 0 Å². The number of hydrogen-bond acceptors (Lipinski definition) is 7. The highest BCUT2D eigenvalue weighted by molar-refractivity contribution is 5.61. The summed E-state index contributed by atoms with van der Waals surface area (Å²) in [6.45, 7) is 5.00. The number of allylic oxidation sites excluding steroid dienone is 1. The summed E-state index contributed by atoms with van der Waals surface area (Å²) in [5.74, 6) is 2.98. The first-order valence-electron chi connectivity index (χ1n) is 9.47. The average Bonchev–Trinajstić information content (AvgIpc) is 2.75. The fourth-order valence-electron chi connectivity index (χ4n) is 3.19. The summed E-state index contributed by atoms with van der Waals surface area (Å²) in [5, 5.41) is 11.9. The number of benzene rings is 2. The van der Waals surface area contributed by atoms with E-state index in [2.05, 4.69) is 15.3 Å². The van der Waals surface area contributed by atoms with Crippen LogP contribution >= 0.6 is 0 Å². The Morgan fingerprint density at radius 3 is 2.60 bits per heavy atom. The lowest BCUT2D eigenvalue weighted by molar-refractivity contribution is 0.171. The molecule has 1 N–H and O–H groups in total. The molecule has 7 nitrogen and oxygen atoms in total. The van der Waals surface area contributed by atoms with Crippen LogP contribution in [0, 0.1) is 25.2 Å². The van der Waals surface area contributed by atoms with Gasteiger partial charge in [0.2, 0.25) is 11.8 Å². The minimum atomic E-state index is 0.410. The highest BCUT2D eigenvalue weighted by atomic mass is 16.6. The monoisotopic (exact) mass is 400 g/mol. The van der Waals surface area contributed by atoms with Gasteiger partial charge >= 0.3 is 0 Å². The molecule has 7 heteroatoms. The molecule has 0 saturated heterocycles. The molecule has 0 unspecified atom stereocenters. The summed E-state index contributed by atoms with van der Waals surface area (Å²) >= 11 is 0. The summed E-state index contributed by atoms with van der Waals surface area (Å²) in [4.78, 5) is 8.72. The highest BCUT2D eigenvalue weighted by Gasteiger charge is 2.13. The molecule has 3 aromatic rings. The second-order valence-corrected chi connectivity index (χ2v) is 6.75. The normalized spacial score (nSPS) is 12.4. The van der Waals surface area contributed by atoms with Gasteiger partial charge in [0.15, 0.2) is 11.5 Å². The molecule has 2 heterocycles. The van der Waals surface area contributed by atoms with Gasteiger partial charge in [0.05, 0.1) is 6.07 Å². The molecule has 1 aliphatic heterocycles. The fraction of sp³-hybridized carbons (Fsp3) is 0.174. The summed E-state index contributed by atoms with van der Waals surface area (Å²) in [6.07, 6.45) is 4.86. The van der Waals surface area contributed by atoms with E-state index in [0.717, 1.165) is 33.9 Å². The Hall–Kier alpha value is -4.05. The lowest BCUT2D eigenvalue weighted by Gasteiger charge is -2.19. The first-order chi connectivity index (χ1) is 14.6. The Bertz CT molecular complexity index is 1130. The van der Waals surface area contributed by atoms with Gasteiger partial charge in [-0.25, -0.2) is 4.98 Å². The second-order valence-electron chi connectivity index (χ2n) is 6.75. The van der Waals surface area contributed by atoms with Crippen molar-refractivity contribution in [2.75, 3.05) is 18.5 Å². The molecule has 0 atom stereocenters. The third-order valence-electron chi connectivity index (χ3n) is 4.47. The van der Waals surface area contributed by atoms with Gasteiger partial charge in [-0.3, -0.25) is 0 Å². The van der Waals surface area contributed by atoms with Crippen molar-refractivity contribution in [3.63, 3.8) is 0 Å². The van der Waals surface area contributed by atoms with Gasteiger partial charge in [0, 0.05) is 30.1 Å². The van der Waals surface area contributed by atoms with Crippen LogP contribution in [-0.2, 0) is 0 Å². The predicted octanol–water partition coefficient (Wildman–Crippen LogP) is 4.94. The van der Waals surface area contributed by atoms with E-state index in [4.69, 9.17) is 19.5 Å². The van der Waals surface area contributed by atoms with Crippen LogP contribution < -0.4 is 19.5 Å². The largest absolute Gasteiger partial charge is 0.486 e. The SMILES string of the molecule is Cc1cc(/C=C/C#N)cc(C)c1Oc1ccnc(Nc2ccc3c(c2)OCCO3)n1. The maximum absolute atomic E-state index is 8.71. The van der Waals surface area contributed by atoms with E-state index in [1.165, 1.54) is 6.08 Å². The first-order valence-corrected chi connectivity index (χ1v) is 9.47. The van der Waals surface area contributed by atoms with E-state index in [-0.39, 0.29) is 0 Å². The van der Waals surface area contributed by atoms with Crippen molar-refractivity contribution in [1.82, 2.24) is 9.97 Å². The Labute approximate surface area is 174 Å². The minimum absolute atomic E-state index is 0.410. The Kier molecular flexibility index (Phi) is 5.48. The number of aromatic nitrogens is 2. The maximum Gasteiger partial charge on any atom is 0.230 e. The molecule has 0 radical (unpaired) electrons. The molecular weight excluding hydrogens is 380 g/mol. The zero-order valence-electron chi connectivity index (χ0n) is 16.7. The van der Waals surface area contributed by atoms with Crippen molar-refractivity contribution in [2.24, 2.45) is 0 Å². The first kappa shape index (κ1) is 19.3. The van der Waals surface area contributed by atoms with Crippen LogP contribution in [0.2, 0.25) is 0 Å². The Balaban J connectivity index is 1.53. The Morgan fingerprint density at radius 2 is 1.83 bits per heavy atom. The van der Waals surface area contributed by atoms with E-state index in [0.29, 0.717) is 30.8 Å². The van der Waals surface area contributed by atoms with Gasteiger partial charge in [-0.15, -0.1) is 0 Å². The summed E-state index contributed by atoms with van der Waals surface area (Å²) in [7, 11) is 0. The third-order valence-corrected chi connectivity index (χ3v) is 4.47. The second kappa shape index (κ2) is 8.53. The number of anilines is 2. The summed E-state index contributed by atoms with van der Waals surface area (Å²) in [6, 6.07) is 13.2. The number of hydrogen-bond donors (Lipinski definition) is 1. The van der Waals surface area contributed by atoms with Gasteiger partial charge < -0.3 is 19.5 Å². The third kappa shape index (κ3) is 4.33. The van der Waals surface area contributed by atoms with E-state index in [1.807, 2.05) is 50.2 Å². The van der Waals surface area contributed by atoms with Gasteiger partial charge in [-0.05, 0) is 60.9 Å². The van der Waals surface area contributed by atoms with Crippen molar-refractivity contribution in [3.05, 3.63) is 65.4 Å². The fourth-order valence-corrected chi connectivity index (χ4v) is 3.19. The van der Waals surface area contributed by atoms with Gasteiger partial charge in [0.25, 0.3) is 0 Å². The maximum atomic E-state index is 8.71. The minimum Gasteiger partial charge on any atom is -0.486 e. The number of nitrogens with one attached hydrogen (secondary N) is 1. The number of ether oxygens (including phenoxy) is 3. The lowest BCUT2D eigenvalue weighted by Crippen LogP contribution is -2.15. The van der Waals surface area contributed by atoms with Crippen molar-refractivity contribution >= 4 is 17.7 Å². The molecule has 0 bridgehead atoms. The van der Waals surface area contributed by atoms with Crippen LogP contribution in [0.15, 0.2) is 48.7 Å². The summed E-state index contributed by atoms with van der Waals surface area (Å²) in [5.41, 5.74) is 3.64. The lowest BCUT2D eigenvalue weighted by atomic mass is 10.1. The molecule has 1 aromatic heterocycles. The van der Waals surface area contributed by atoms with Crippen LogP contribution in [0.25, 0.3) is 6.08 Å². The highest BCUT2D eigenvalue weighted by Crippen LogP contribution is 2.34. The van der Waals surface area contributed by atoms with Crippen LogP contribution in [0.3, 0.4) is 0 Å². The van der Waals surface area contributed by atoms with E-state index >= 15 is 0 Å². The van der Waals surface area contributed by atoms with E-state index in [9.17, 15) is 0 Å². The summed E-state index contributed by atoms with van der Waals surface area (Å²) < 4.78 is 17.2. The molecule has 0 saturated carbocycles. The molecular formula is C23H20N4O3. The molecule has 1 aliphatic rings. The predicted molar refractivity (Wildman–Crippen MR) is 113 cm³/mol. The zero-order valence-corrected chi connectivity index (χ0v) is 16.7. The molecule has 150 valence electrons. The molecule has 2 aromatic carbocycles. The standard InChI is InChI=1S/C23H20N4O3/c1-15-12-17(4-3-8-24)13-16(2)22(15)30-21-7-9-25-23(27-21)26-18-5-6-19-20(14-18)29-11-10-28-19/h3-7,9,12-14H,10-11H2,1-2H3,(H,25,26,27)/b4-3+. The smallest absolute Gasteiger partial charge is 0.230 e. The molecule has 0 spiro atoms. The molecule has 30 heavy (non-hydrogen) atoms. The number of aryl methyl sites for hydroxylation is 2. The van der Waals surface area contributed by atoms with Crippen LogP contribution in [0.5, 0.6) is 23.1 Å². The molecule has 4 rings (SSSR count). The topological polar surface area (TPSA) is 89.3 Å². The number of nitriles is 1. The van der Waals surface area contributed by atoms with Crippen LogP contribution in [0.1, 0.15) is 16.7 Å². The molecule has 0 aliphatic carbocycles. The average molecular weight is 400 g/mol. The zero-order chi connectivity index (χ0) is 20.9. The van der Waals surface area contributed by atoms with Crippen molar-refractivity contribution in [1.29, 1.82) is 5.26 Å². The number of nitrogens with zero attached hydrogens (tertiary/aromatic N) is 3. The van der Waals surface area contributed by atoms with E-state index in [1.54, 1.807) is 18.3 Å². The van der Waals surface area contributed by atoms with Gasteiger partial charge in [0.1, 0.15) is 19.0 Å². The van der Waals surface area contributed by atoms with Crippen molar-refractivity contribution < 1.29 is 14.2 Å². The Morgan fingerprint density at radius 1 is 1.07 bits per heavy atom. The molecule has 0 fully saturated rings. The van der Waals surface area contributed by atoms with E-state index < -0.39 is 0 Å². The molecule has 0 amide bonds. The van der Waals surface area contributed by atoms with Gasteiger partial charge in [-0.2, -0.15) is 10.2 Å². The quantitative estimate of drug-likeness (QED) is 0.607. The van der Waals surface area contributed by atoms with Crippen LogP contribution in [0.4, 0.5) is 11.6 Å². The number of rotatable bonds is 5. The number of fused-ring (bicyclic) bond motifs is 1. The van der Waals surface area contributed by atoms with Crippen molar-refractivity contribution in [3.8, 4) is 29.2 Å².